The Kier molecular flexibility index (Phi) is 4.82. The van der Waals surface area contributed by atoms with Crippen molar-refractivity contribution in [3.63, 3.8) is 0 Å². The highest BCUT2D eigenvalue weighted by Gasteiger charge is 2.41. The van der Waals surface area contributed by atoms with E-state index in [-0.39, 0.29) is 19.0 Å². The Bertz CT molecular complexity index is 243. The van der Waals surface area contributed by atoms with Crippen LogP contribution in [0.4, 0.5) is 0 Å². The Morgan fingerprint density at radius 1 is 1.25 bits per heavy atom. The minimum atomic E-state index is -1.25. The van der Waals surface area contributed by atoms with Crippen LogP contribution < -0.4 is 0 Å². The SMILES string of the molecule is CC(=O)COCC1OC(C)C(O)C(O)C1O. The van der Waals surface area contributed by atoms with Gasteiger partial charge < -0.3 is 24.8 Å². The standard InChI is InChI=1S/C10H18O6/c1-5(11)3-15-4-7-9(13)10(14)8(12)6(2)16-7/h6-10,12-14H,3-4H2,1-2H3. The van der Waals surface area contributed by atoms with Gasteiger partial charge in [0.1, 0.15) is 31.0 Å². The van der Waals surface area contributed by atoms with E-state index in [4.69, 9.17) is 9.47 Å². The van der Waals surface area contributed by atoms with E-state index in [2.05, 4.69) is 0 Å². The van der Waals surface area contributed by atoms with Crippen LogP contribution in [0.3, 0.4) is 0 Å². The molecule has 94 valence electrons. The van der Waals surface area contributed by atoms with Gasteiger partial charge in [0.25, 0.3) is 0 Å². The topological polar surface area (TPSA) is 96.2 Å². The van der Waals surface area contributed by atoms with E-state index >= 15 is 0 Å². The lowest BCUT2D eigenvalue weighted by molar-refractivity contribution is -0.227. The number of rotatable bonds is 4. The van der Waals surface area contributed by atoms with E-state index in [1.54, 1.807) is 6.92 Å². The third kappa shape index (κ3) is 3.23. The fourth-order valence-corrected chi connectivity index (χ4v) is 1.59. The molecule has 6 heteroatoms. The summed E-state index contributed by atoms with van der Waals surface area (Å²) in [6.45, 7) is 2.94. The van der Waals surface area contributed by atoms with E-state index in [0.717, 1.165) is 0 Å². The van der Waals surface area contributed by atoms with Crippen molar-refractivity contribution in [1.82, 2.24) is 0 Å². The molecule has 6 nitrogen and oxygen atoms in total. The maximum atomic E-state index is 10.6. The number of Topliss-reactive ketones (excluding diaryl/α,β-unsaturated/α-hetero) is 1. The molecule has 0 aromatic heterocycles. The fraction of sp³-hybridized carbons (Fsp3) is 0.900. The molecule has 0 amide bonds. The molecule has 0 saturated carbocycles. The first-order valence-corrected chi connectivity index (χ1v) is 5.20. The highest BCUT2D eigenvalue weighted by Crippen LogP contribution is 2.20. The molecule has 1 saturated heterocycles. The Balaban J connectivity index is 2.44. The van der Waals surface area contributed by atoms with Gasteiger partial charge in [0.2, 0.25) is 0 Å². The molecule has 5 unspecified atom stereocenters. The van der Waals surface area contributed by atoms with Gasteiger partial charge in [0.05, 0.1) is 12.7 Å². The number of aliphatic hydroxyl groups is 3. The average molecular weight is 234 g/mol. The van der Waals surface area contributed by atoms with Crippen molar-refractivity contribution in [2.45, 2.75) is 44.4 Å². The van der Waals surface area contributed by atoms with Crippen molar-refractivity contribution in [1.29, 1.82) is 0 Å². The van der Waals surface area contributed by atoms with Crippen molar-refractivity contribution >= 4 is 5.78 Å². The molecular weight excluding hydrogens is 216 g/mol. The zero-order chi connectivity index (χ0) is 12.3. The lowest BCUT2D eigenvalue weighted by Crippen LogP contribution is -2.57. The first-order chi connectivity index (χ1) is 7.43. The predicted molar refractivity (Wildman–Crippen MR) is 53.9 cm³/mol. The highest BCUT2D eigenvalue weighted by atomic mass is 16.6. The molecule has 1 rings (SSSR count). The quantitative estimate of drug-likeness (QED) is 0.545. The molecule has 3 N–H and O–H groups in total. The number of hydrogen-bond acceptors (Lipinski definition) is 6. The van der Waals surface area contributed by atoms with Gasteiger partial charge >= 0.3 is 0 Å². The lowest BCUT2D eigenvalue weighted by Gasteiger charge is -2.39. The van der Waals surface area contributed by atoms with Gasteiger partial charge in [-0.2, -0.15) is 0 Å². The van der Waals surface area contributed by atoms with E-state index in [9.17, 15) is 20.1 Å². The highest BCUT2D eigenvalue weighted by molar-refractivity contribution is 5.76. The molecule has 5 atom stereocenters. The molecule has 0 aromatic carbocycles. The number of ether oxygens (including phenoxy) is 2. The van der Waals surface area contributed by atoms with Gasteiger partial charge in [-0.1, -0.05) is 0 Å². The van der Waals surface area contributed by atoms with Crippen molar-refractivity contribution < 1.29 is 29.6 Å². The summed E-state index contributed by atoms with van der Waals surface area (Å²) in [5.74, 6) is -0.126. The molecule has 1 heterocycles. The minimum Gasteiger partial charge on any atom is -0.388 e. The van der Waals surface area contributed by atoms with Crippen LogP contribution >= 0.6 is 0 Å². The molecule has 1 aliphatic heterocycles. The summed E-state index contributed by atoms with van der Waals surface area (Å²) < 4.78 is 10.3. The number of ketones is 1. The Morgan fingerprint density at radius 2 is 1.88 bits per heavy atom. The normalized spacial score (nSPS) is 39.7. The molecule has 0 radical (unpaired) electrons. The fourth-order valence-electron chi connectivity index (χ4n) is 1.59. The number of carbonyl (C=O) groups excluding carboxylic acids is 1. The van der Waals surface area contributed by atoms with E-state index in [1.165, 1.54) is 6.92 Å². The second-order valence-electron chi connectivity index (χ2n) is 4.07. The Hall–Kier alpha value is -0.530. The average Bonchev–Trinajstić information content (AvgIpc) is 2.22. The van der Waals surface area contributed by atoms with Crippen LogP contribution in [0.2, 0.25) is 0 Å². The first-order valence-electron chi connectivity index (χ1n) is 5.20. The van der Waals surface area contributed by atoms with Crippen LogP contribution in [0.15, 0.2) is 0 Å². The molecule has 16 heavy (non-hydrogen) atoms. The van der Waals surface area contributed by atoms with E-state index in [0.29, 0.717) is 0 Å². The molecule has 1 aliphatic rings. The molecule has 0 bridgehead atoms. The number of aliphatic hydroxyl groups excluding tert-OH is 3. The summed E-state index contributed by atoms with van der Waals surface area (Å²) in [6.07, 6.45) is -4.89. The van der Waals surface area contributed by atoms with Gasteiger partial charge in [-0.05, 0) is 13.8 Å². The maximum absolute atomic E-state index is 10.6. The van der Waals surface area contributed by atoms with Crippen LogP contribution in [-0.4, -0.2) is 64.8 Å². The molecule has 0 aliphatic carbocycles. The van der Waals surface area contributed by atoms with Gasteiger partial charge in [-0.3, -0.25) is 4.79 Å². The summed E-state index contributed by atoms with van der Waals surface area (Å²) >= 11 is 0. The zero-order valence-corrected chi connectivity index (χ0v) is 9.37. The molecule has 0 spiro atoms. The monoisotopic (exact) mass is 234 g/mol. The maximum Gasteiger partial charge on any atom is 0.155 e. The van der Waals surface area contributed by atoms with Crippen molar-refractivity contribution in [2.75, 3.05) is 13.2 Å². The first kappa shape index (κ1) is 13.5. The Morgan fingerprint density at radius 3 is 2.44 bits per heavy atom. The summed E-state index contributed by atoms with van der Waals surface area (Å²) in [7, 11) is 0. The summed E-state index contributed by atoms with van der Waals surface area (Å²) in [6, 6.07) is 0. The van der Waals surface area contributed by atoms with Gasteiger partial charge in [0.15, 0.2) is 5.78 Å². The third-order valence-electron chi connectivity index (χ3n) is 2.54. The smallest absolute Gasteiger partial charge is 0.155 e. The second-order valence-corrected chi connectivity index (χ2v) is 4.07. The largest absolute Gasteiger partial charge is 0.388 e. The van der Waals surface area contributed by atoms with E-state index < -0.39 is 30.5 Å². The summed E-state index contributed by atoms with van der Waals surface area (Å²) in [5.41, 5.74) is 0. The number of hydrogen-bond donors (Lipinski definition) is 3. The third-order valence-corrected chi connectivity index (χ3v) is 2.54. The minimum absolute atomic E-state index is 0.00880. The zero-order valence-electron chi connectivity index (χ0n) is 9.37. The lowest BCUT2D eigenvalue weighted by atomic mass is 9.96. The summed E-state index contributed by atoms with van der Waals surface area (Å²) in [5, 5.41) is 28.5. The predicted octanol–water partition coefficient (Wildman–Crippen LogP) is -1.54. The van der Waals surface area contributed by atoms with Gasteiger partial charge in [0, 0.05) is 0 Å². The Labute approximate surface area is 93.8 Å². The van der Waals surface area contributed by atoms with Crippen LogP contribution in [-0.2, 0) is 14.3 Å². The molecular formula is C10H18O6. The van der Waals surface area contributed by atoms with Crippen molar-refractivity contribution in [2.24, 2.45) is 0 Å². The van der Waals surface area contributed by atoms with Gasteiger partial charge in [-0.15, -0.1) is 0 Å². The van der Waals surface area contributed by atoms with Crippen LogP contribution in [0, 0.1) is 0 Å². The molecule has 1 fully saturated rings. The summed E-state index contributed by atoms with van der Waals surface area (Å²) in [4.78, 5) is 10.6. The molecule has 0 aromatic rings. The van der Waals surface area contributed by atoms with Crippen LogP contribution in [0.1, 0.15) is 13.8 Å². The van der Waals surface area contributed by atoms with Gasteiger partial charge in [-0.25, -0.2) is 0 Å². The van der Waals surface area contributed by atoms with E-state index in [1.807, 2.05) is 0 Å². The van der Waals surface area contributed by atoms with Crippen LogP contribution in [0.5, 0.6) is 0 Å². The second kappa shape index (κ2) is 5.70. The van der Waals surface area contributed by atoms with Crippen molar-refractivity contribution in [3.05, 3.63) is 0 Å². The van der Waals surface area contributed by atoms with Crippen molar-refractivity contribution in [3.8, 4) is 0 Å². The number of carbonyl (C=O) groups is 1. The van der Waals surface area contributed by atoms with Crippen LogP contribution in [0.25, 0.3) is 0 Å².